The molecule has 1 unspecified atom stereocenters. The lowest BCUT2D eigenvalue weighted by Crippen LogP contribution is -2.48. The second kappa shape index (κ2) is 3.78. The quantitative estimate of drug-likeness (QED) is 0.763. The predicted molar refractivity (Wildman–Crippen MR) is 60.6 cm³/mol. The maximum atomic E-state index is 12.1. The summed E-state index contributed by atoms with van der Waals surface area (Å²) in [6.45, 7) is 7.38. The zero-order chi connectivity index (χ0) is 11.1. The van der Waals surface area contributed by atoms with Gasteiger partial charge in [-0.1, -0.05) is 6.92 Å². The summed E-state index contributed by atoms with van der Waals surface area (Å²) in [5.41, 5.74) is 0.0249. The first kappa shape index (κ1) is 10.9. The smallest absolute Gasteiger partial charge is 0.240 e. The van der Waals surface area contributed by atoms with Crippen molar-refractivity contribution in [2.75, 3.05) is 6.54 Å². The van der Waals surface area contributed by atoms with Crippen LogP contribution in [-0.2, 0) is 4.79 Å². The number of hydrogen-bond acceptors (Lipinski definition) is 2. The molecule has 3 nitrogen and oxygen atoms in total. The van der Waals surface area contributed by atoms with E-state index in [2.05, 4.69) is 26.1 Å². The Kier molecular flexibility index (Phi) is 2.75. The minimum absolute atomic E-state index is 0.0249. The van der Waals surface area contributed by atoms with Gasteiger partial charge in [-0.15, -0.1) is 0 Å². The fourth-order valence-electron chi connectivity index (χ4n) is 2.16. The number of nitrogens with one attached hydrogen (secondary N) is 1. The van der Waals surface area contributed by atoms with Crippen molar-refractivity contribution in [2.45, 2.75) is 64.1 Å². The third kappa shape index (κ3) is 2.17. The van der Waals surface area contributed by atoms with Gasteiger partial charge < -0.3 is 10.2 Å². The van der Waals surface area contributed by atoms with Gasteiger partial charge in [0.2, 0.25) is 5.91 Å². The summed E-state index contributed by atoms with van der Waals surface area (Å²) in [5.74, 6) is 0.314. The van der Waals surface area contributed by atoms with Gasteiger partial charge in [0.25, 0.3) is 0 Å². The van der Waals surface area contributed by atoms with Crippen LogP contribution in [0.15, 0.2) is 0 Å². The Labute approximate surface area is 92.2 Å². The topological polar surface area (TPSA) is 32.3 Å². The lowest BCUT2D eigenvalue weighted by Gasteiger charge is -2.35. The summed E-state index contributed by atoms with van der Waals surface area (Å²) in [5, 5.41) is 3.44. The fraction of sp³-hybridized carbons (Fsp3) is 0.917. The Bertz CT molecular complexity index is 258. The molecule has 1 heterocycles. The van der Waals surface area contributed by atoms with E-state index in [0.717, 1.165) is 19.4 Å². The molecular formula is C12H22N2O. The molecule has 1 saturated heterocycles. The molecule has 0 aromatic rings. The lowest BCUT2D eigenvalue weighted by atomic mass is 10.00. The van der Waals surface area contributed by atoms with Crippen molar-refractivity contribution in [3.05, 3.63) is 0 Å². The minimum atomic E-state index is 0.0249. The first-order valence-electron chi connectivity index (χ1n) is 6.12. The second-order valence-corrected chi connectivity index (χ2v) is 5.44. The molecule has 1 amide bonds. The van der Waals surface area contributed by atoms with Crippen LogP contribution >= 0.6 is 0 Å². The SMILES string of the molecule is CCC(C)(C)N1CCC(NC2CC2)C1=O. The number of carbonyl (C=O) groups is 1. The van der Waals surface area contributed by atoms with Gasteiger partial charge in [0.1, 0.15) is 0 Å². The van der Waals surface area contributed by atoms with Crippen molar-refractivity contribution in [3.8, 4) is 0 Å². The van der Waals surface area contributed by atoms with Crippen molar-refractivity contribution in [2.24, 2.45) is 0 Å². The Hall–Kier alpha value is -0.570. The third-order valence-corrected chi connectivity index (χ3v) is 3.82. The standard InChI is InChI=1S/C12H22N2O/c1-4-12(2,3)14-8-7-10(11(14)15)13-9-5-6-9/h9-10,13H,4-8H2,1-3H3. The van der Waals surface area contributed by atoms with E-state index in [0.29, 0.717) is 11.9 Å². The van der Waals surface area contributed by atoms with Crippen molar-refractivity contribution in [3.63, 3.8) is 0 Å². The van der Waals surface area contributed by atoms with Crippen LogP contribution in [0.4, 0.5) is 0 Å². The van der Waals surface area contributed by atoms with Crippen molar-refractivity contribution >= 4 is 5.91 Å². The number of amides is 1. The Morgan fingerprint density at radius 2 is 2.07 bits per heavy atom. The number of nitrogens with zero attached hydrogens (tertiary/aromatic N) is 1. The van der Waals surface area contributed by atoms with Crippen LogP contribution in [0.25, 0.3) is 0 Å². The van der Waals surface area contributed by atoms with Gasteiger partial charge in [0.05, 0.1) is 6.04 Å². The van der Waals surface area contributed by atoms with Crippen molar-refractivity contribution < 1.29 is 4.79 Å². The Morgan fingerprint density at radius 3 is 2.60 bits per heavy atom. The van der Waals surface area contributed by atoms with E-state index in [1.807, 2.05) is 4.90 Å². The molecule has 0 radical (unpaired) electrons. The molecule has 15 heavy (non-hydrogen) atoms. The first-order chi connectivity index (χ1) is 7.04. The van der Waals surface area contributed by atoms with E-state index < -0.39 is 0 Å². The van der Waals surface area contributed by atoms with Gasteiger partial charge in [-0.2, -0.15) is 0 Å². The van der Waals surface area contributed by atoms with E-state index >= 15 is 0 Å². The van der Waals surface area contributed by atoms with Gasteiger partial charge in [-0.25, -0.2) is 0 Å². The fourth-order valence-corrected chi connectivity index (χ4v) is 2.16. The molecule has 0 bridgehead atoms. The second-order valence-electron chi connectivity index (χ2n) is 5.44. The van der Waals surface area contributed by atoms with Gasteiger partial charge in [0.15, 0.2) is 0 Å². The van der Waals surface area contributed by atoms with Crippen LogP contribution in [0.1, 0.15) is 46.5 Å². The molecule has 0 spiro atoms. The molecule has 2 rings (SSSR count). The van der Waals surface area contributed by atoms with Gasteiger partial charge in [0, 0.05) is 18.1 Å². The molecule has 0 aromatic carbocycles. The van der Waals surface area contributed by atoms with Crippen LogP contribution in [0.2, 0.25) is 0 Å². The molecule has 1 aliphatic heterocycles. The van der Waals surface area contributed by atoms with Crippen LogP contribution in [0.5, 0.6) is 0 Å². The molecular weight excluding hydrogens is 188 g/mol. The predicted octanol–water partition coefficient (Wildman–Crippen LogP) is 1.53. The van der Waals surface area contributed by atoms with E-state index in [-0.39, 0.29) is 11.6 Å². The largest absolute Gasteiger partial charge is 0.336 e. The summed E-state index contributed by atoms with van der Waals surface area (Å²) < 4.78 is 0. The first-order valence-corrected chi connectivity index (χ1v) is 6.12. The number of likely N-dealkylation sites (tertiary alicyclic amines) is 1. The zero-order valence-electron chi connectivity index (χ0n) is 10.0. The molecule has 86 valence electrons. The highest BCUT2D eigenvalue weighted by Gasteiger charge is 2.40. The number of carbonyl (C=O) groups excluding carboxylic acids is 1. The molecule has 2 aliphatic rings. The van der Waals surface area contributed by atoms with E-state index in [9.17, 15) is 4.79 Å². The van der Waals surface area contributed by atoms with Gasteiger partial charge in [-0.3, -0.25) is 4.79 Å². The van der Waals surface area contributed by atoms with Gasteiger partial charge >= 0.3 is 0 Å². The highest BCUT2D eigenvalue weighted by Crippen LogP contribution is 2.27. The maximum Gasteiger partial charge on any atom is 0.240 e. The summed E-state index contributed by atoms with van der Waals surface area (Å²) in [6, 6.07) is 0.729. The number of rotatable bonds is 4. The Morgan fingerprint density at radius 1 is 1.40 bits per heavy atom. The monoisotopic (exact) mass is 210 g/mol. The molecule has 3 heteroatoms. The van der Waals surface area contributed by atoms with Crippen LogP contribution in [0.3, 0.4) is 0 Å². The minimum Gasteiger partial charge on any atom is -0.336 e. The summed E-state index contributed by atoms with van der Waals surface area (Å²) in [6.07, 6.45) is 4.51. The third-order valence-electron chi connectivity index (χ3n) is 3.82. The maximum absolute atomic E-state index is 12.1. The van der Waals surface area contributed by atoms with Crippen molar-refractivity contribution in [1.29, 1.82) is 0 Å². The summed E-state index contributed by atoms with van der Waals surface area (Å²) in [4.78, 5) is 14.2. The molecule has 1 saturated carbocycles. The summed E-state index contributed by atoms with van der Waals surface area (Å²) in [7, 11) is 0. The molecule has 1 aliphatic carbocycles. The molecule has 1 atom stereocenters. The highest BCUT2D eigenvalue weighted by molar-refractivity contribution is 5.84. The van der Waals surface area contributed by atoms with E-state index in [1.165, 1.54) is 12.8 Å². The van der Waals surface area contributed by atoms with Crippen LogP contribution < -0.4 is 5.32 Å². The lowest BCUT2D eigenvalue weighted by molar-refractivity contribution is -0.134. The van der Waals surface area contributed by atoms with Crippen LogP contribution in [0, 0.1) is 0 Å². The van der Waals surface area contributed by atoms with Crippen LogP contribution in [-0.4, -0.2) is 35.0 Å². The molecule has 0 aromatic heterocycles. The molecule has 2 fully saturated rings. The number of hydrogen-bond donors (Lipinski definition) is 1. The molecule has 1 N–H and O–H groups in total. The van der Waals surface area contributed by atoms with Crippen molar-refractivity contribution in [1.82, 2.24) is 10.2 Å². The van der Waals surface area contributed by atoms with Gasteiger partial charge in [-0.05, 0) is 39.5 Å². The zero-order valence-corrected chi connectivity index (χ0v) is 10.0. The average Bonchev–Trinajstić information content (AvgIpc) is 2.92. The van der Waals surface area contributed by atoms with E-state index in [1.54, 1.807) is 0 Å². The summed E-state index contributed by atoms with van der Waals surface area (Å²) >= 11 is 0. The van der Waals surface area contributed by atoms with E-state index in [4.69, 9.17) is 0 Å². The highest BCUT2D eigenvalue weighted by atomic mass is 16.2. The average molecular weight is 210 g/mol. The normalized spacial score (nSPS) is 27.5. The Balaban J connectivity index is 1.96.